The van der Waals surface area contributed by atoms with Gasteiger partial charge in [0.25, 0.3) is 5.56 Å². The highest BCUT2D eigenvalue weighted by atomic mass is 32.1. The van der Waals surface area contributed by atoms with Gasteiger partial charge in [0.15, 0.2) is 0 Å². The monoisotopic (exact) mass is 475 g/mol. The Morgan fingerprint density at radius 1 is 1.06 bits per heavy atom. The minimum Gasteiger partial charge on any atom is -0.495 e. The van der Waals surface area contributed by atoms with Gasteiger partial charge in [-0.3, -0.25) is 14.2 Å². The van der Waals surface area contributed by atoms with E-state index in [4.69, 9.17) is 4.74 Å². The molecule has 0 bridgehead atoms. The minimum absolute atomic E-state index is 0.140. The number of alkyl halides is 3. The van der Waals surface area contributed by atoms with Crippen molar-refractivity contribution in [1.82, 2.24) is 9.13 Å². The first-order chi connectivity index (χ1) is 15.7. The molecule has 0 fully saturated rings. The summed E-state index contributed by atoms with van der Waals surface area (Å²) in [5, 5.41) is 4.10. The van der Waals surface area contributed by atoms with E-state index in [1.165, 1.54) is 7.11 Å². The topological polar surface area (TPSA) is 82.3 Å². The van der Waals surface area contributed by atoms with Crippen molar-refractivity contribution in [1.29, 1.82) is 0 Å². The van der Waals surface area contributed by atoms with Crippen molar-refractivity contribution in [3.05, 3.63) is 86.4 Å². The number of anilines is 1. The van der Waals surface area contributed by atoms with Crippen LogP contribution in [-0.2, 0) is 17.5 Å². The highest BCUT2D eigenvalue weighted by Gasteiger charge is 2.30. The van der Waals surface area contributed by atoms with Crippen molar-refractivity contribution in [2.75, 3.05) is 12.4 Å². The molecule has 0 saturated carbocycles. The van der Waals surface area contributed by atoms with Crippen molar-refractivity contribution < 1.29 is 22.7 Å². The fraction of sp³-hybridized carbons (Fsp3) is 0.136. The van der Waals surface area contributed by atoms with Crippen molar-refractivity contribution in [3.8, 4) is 11.4 Å². The van der Waals surface area contributed by atoms with E-state index >= 15 is 0 Å². The number of carbonyl (C=O) groups is 1. The van der Waals surface area contributed by atoms with E-state index < -0.39 is 35.4 Å². The fourth-order valence-electron chi connectivity index (χ4n) is 3.35. The summed E-state index contributed by atoms with van der Waals surface area (Å²) in [6, 6.07) is 12.0. The quantitative estimate of drug-likeness (QED) is 0.475. The Kier molecular flexibility index (Phi) is 5.81. The number of fused-ring (bicyclic) bond motifs is 1. The number of halogens is 3. The van der Waals surface area contributed by atoms with Crippen LogP contribution in [0.5, 0.6) is 5.75 Å². The lowest BCUT2D eigenvalue weighted by molar-refractivity contribution is -0.137. The smallest absolute Gasteiger partial charge is 0.416 e. The molecular formula is C22H16F3N3O4S. The van der Waals surface area contributed by atoms with E-state index in [9.17, 15) is 27.6 Å². The molecule has 0 aliphatic rings. The summed E-state index contributed by atoms with van der Waals surface area (Å²) in [5.41, 5.74) is -1.50. The molecule has 0 aliphatic heterocycles. The fourth-order valence-corrected chi connectivity index (χ4v) is 4.18. The Balaban J connectivity index is 1.72. The van der Waals surface area contributed by atoms with E-state index in [-0.39, 0.29) is 21.6 Å². The molecule has 4 rings (SSSR count). The van der Waals surface area contributed by atoms with Gasteiger partial charge in [0.1, 0.15) is 17.0 Å². The van der Waals surface area contributed by atoms with Crippen molar-refractivity contribution in [3.63, 3.8) is 0 Å². The number of nitrogens with zero attached hydrogens (tertiary/aromatic N) is 2. The lowest BCUT2D eigenvalue weighted by Crippen LogP contribution is -2.40. The van der Waals surface area contributed by atoms with Crippen LogP contribution in [0.3, 0.4) is 0 Å². The van der Waals surface area contributed by atoms with Crippen LogP contribution >= 0.6 is 11.3 Å². The summed E-state index contributed by atoms with van der Waals surface area (Å²) in [4.78, 5) is 39.0. The first-order valence-electron chi connectivity index (χ1n) is 9.54. The average Bonchev–Trinajstić information content (AvgIpc) is 3.27. The summed E-state index contributed by atoms with van der Waals surface area (Å²) >= 11 is 1.12. The average molecular weight is 475 g/mol. The molecule has 4 aromatic rings. The Morgan fingerprint density at radius 2 is 1.76 bits per heavy atom. The third-order valence-electron chi connectivity index (χ3n) is 4.88. The summed E-state index contributed by atoms with van der Waals surface area (Å²) in [5.74, 6) is -0.344. The van der Waals surface area contributed by atoms with Crippen LogP contribution in [0, 0.1) is 0 Å². The number of para-hydroxylation sites is 2. The highest BCUT2D eigenvalue weighted by Crippen LogP contribution is 2.30. The molecule has 170 valence electrons. The van der Waals surface area contributed by atoms with Crippen molar-refractivity contribution >= 4 is 33.1 Å². The highest BCUT2D eigenvalue weighted by molar-refractivity contribution is 7.17. The van der Waals surface area contributed by atoms with E-state index in [1.807, 2.05) is 0 Å². The molecule has 11 heteroatoms. The summed E-state index contributed by atoms with van der Waals surface area (Å²) in [6.45, 7) is -0.456. The van der Waals surface area contributed by atoms with Gasteiger partial charge in [0.2, 0.25) is 5.91 Å². The normalized spacial score (nSPS) is 11.5. The van der Waals surface area contributed by atoms with Crippen LogP contribution in [0.2, 0.25) is 0 Å². The van der Waals surface area contributed by atoms with Gasteiger partial charge in [0, 0.05) is 5.69 Å². The van der Waals surface area contributed by atoms with Crippen LogP contribution < -0.4 is 21.3 Å². The molecule has 0 radical (unpaired) electrons. The molecular weight excluding hydrogens is 459 g/mol. The summed E-state index contributed by atoms with van der Waals surface area (Å²) in [7, 11) is 1.41. The number of methoxy groups -OCH3 is 1. The summed E-state index contributed by atoms with van der Waals surface area (Å²) < 4.78 is 45.8. The van der Waals surface area contributed by atoms with Crippen molar-refractivity contribution in [2.24, 2.45) is 0 Å². The van der Waals surface area contributed by atoms with Crippen LogP contribution in [0.1, 0.15) is 5.56 Å². The number of carbonyl (C=O) groups excluding carboxylic acids is 1. The van der Waals surface area contributed by atoms with Gasteiger partial charge >= 0.3 is 11.9 Å². The molecule has 0 unspecified atom stereocenters. The SMILES string of the molecule is COc1ccccc1-n1c(=O)c2sccc2n(CC(=O)Nc2ccc(C(F)(F)F)cc2)c1=O. The number of nitrogens with one attached hydrogen (secondary N) is 1. The number of hydrogen-bond donors (Lipinski definition) is 1. The zero-order valence-electron chi connectivity index (χ0n) is 17.1. The minimum atomic E-state index is -4.49. The first-order valence-corrected chi connectivity index (χ1v) is 10.4. The van der Waals surface area contributed by atoms with E-state index in [1.54, 1.807) is 35.7 Å². The third-order valence-corrected chi connectivity index (χ3v) is 5.77. The van der Waals surface area contributed by atoms with Gasteiger partial charge in [0.05, 0.1) is 23.9 Å². The molecule has 0 atom stereocenters. The molecule has 33 heavy (non-hydrogen) atoms. The maximum Gasteiger partial charge on any atom is 0.416 e. The van der Waals surface area contributed by atoms with Gasteiger partial charge in [-0.2, -0.15) is 13.2 Å². The molecule has 0 aliphatic carbocycles. The molecule has 0 spiro atoms. The number of hydrogen-bond acceptors (Lipinski definition) is 5. The molecule has 2 aromatic heterocycles. The molecule has 2 aromatic carbocycles. The first kappa shape index (κ1) is 22.3. The Hall–Kier alpha value is -3.86. The second-order valence-corrected chi connectivity index (χ2v) is 7.86. The van der Waals surface area contributed by atoms with Crippen LogP contribution in [0.4, 0.5) is 18.9 Å². The van der Waals surface area contributed by atoms with E-state index in [2.05, 4.69) is 5.32 Å². The maximum atomic E-state index is 13.3. The zero-order valence-corrected chi connectivity index (χ0v) is 17.9. The second kappa shape index (κ2) is 8.58. The lowest BCUT2D eigenvalue weighted by Gasteiger charge is -2.14. The van der Waals surface area contributed by atoms with Gasteiger partial charge in [-0.1, -0.05) is 12.1 Å². The zero-order chi connectivity index (χ0) is 23.8. The summed E-state index contributed by atoms with van der Waals surface area (Å²) in [6.07, 6.45) is -4.49. The number of rotatable bonds is 5. The third kappa shape index (κ3) is 4.27. The molecule has 2 heterocycles. The number of aromatic nitrogens is 2. The second-order valence-electron chi connectivity index (χ2n) is 6.94. The van der Waals surface area contributed by atoms with E-state index in [0.29, 0.717) is 5.75 Å². The molecule has 0 saturated heterocycles. The Bertz CT molecular complexity index is 1450. The Labute approximate surface area is 188 Å². The van der Waals surface area contributed by atoms with Gasteiger partial charge in [-0.05, 0) is 47.8 Å². The number of benzene rings is 2. The van der Waals surface area contributed by atoms with Crippen LogP contribution in [0.15, 0.2) is 69.6 Å². The van der Waals surface area contributed by atoms with Gasteiger partial charge in [-0.25, -0.2) is 9.36 Å². The van der Waals surface area contributed by atoms with Crippen LogP contribution in [-0.4, -0.2) is 22.2 Å². The van der Waals surface area contributed by atoms with Gasteiger partial charge in [-0.15, -0.1) is 11.3 Å². The molecule has 1 N–H and O–H groups in total. The maximum absolute atomic E-state index is 13.3. The predicted molar refractivity (Wildman–Crippen MR) is 118 cm³/mol. The predicted octanol–water partition coefficient (Wildman–Crippen LogP) is 3.88. The number of amides is 1. The van der Waals surface area contributed by atoms with Crippen molar-refractivity contribution in [2.45, 2.75) is 12.7 Å². The molecule has 1 amide bonds. The largest absolute Gasteiger partial charge is 0.495 e. The van der Waals surface area contributed by atoms with Crippen LogP contribution in [0.25, 0.3) is 15.9 Å². The van der Waals surface area contributed by atoms with Gasteiger partial charge < -0.3 is 10.1 Å². The Morgan fingerprint density at radius 3 is 2.42 bits per heavy atom. The lowest BCUT2D eigenvalue weighted by atomic mass is 10.2. The van der Waals surface area contributed by atoms with E-state index in [0.717, 1.165) is 44.7 Å². The number of ether oxygens (including phenoxy) is 1. The standard InChI is InChI=1S/C22H16F3N3O4S/c1-32-17-5-3-2-4-15(17)28-20(30)19-16(10-11-33-19)27(21(28)31)12-18(29)26-14-8-6-13(7-9-14)22(23,24)25/h2-11H,12H2,1H3,(H,26,29). The molecule has 7 nitrogen and oxygen atoms in total. The number of thiophene rings is 1.